The van der Waals surface area contributed by atoms with E-state index in [0.717, 1.165) is 6.54 Å². The summed E-state index contributed by atoms with van der Waals surface area (Å²) in [6.45, 7) is 10.2. The molecule has 1 heterocycles. The fraction of sp³-hybridized carbons (Fsp3) is 0.625. The van der Waals surface area contributed by atoms with Gasteiger partial charge in [0.15, 0.2) is 0 Å². The minimum atomic E-state index is 0.278. The summed E-state index contributed by atoms with van der Waals surface area (Å²) in [5.41, 5.74) is 7.76. The molecule has 0 bridgehead atoms. The Morgan fingerprint density at radius 1 is 0.944 bits per heavy atom. The summed E-state index contributed by atoms with van der Waals surface area (Å²) in [4.78, 5) is 2.56. The van der Waals surface area contributed by atoms with Crippen molar-refractivity contribution in [1.29, 1.82) is 0 Å². The number of hydrogen-bond acceptors (Lipinski definition) is 2. The number of likely N-dealkylation sites (tertiary alicyclic amines) is 1. The van der Waals surface area contributed by atoms with Gasteiger partial charge in [-0.2, -0.15) is 0 Å². The quantitative estimate of drug-likeness (QED) is 0.869. The van der Waals surface area contributed by atoms with Crippen molar-refractivity contribution in [3.05, 3.63) is 35.9 Å². The van der Waals surface area contributed by atoms with Crippen molar-refractivity contribution >= 4 is 0 Å². The number of nitrogens with zero attached hydrogens (tertiary/aromatic N) is 1. The highest BCUT2D eigenvalue weighted by Gasteiger charge is 2.39. The summed E-state index contributed by atoms with van der Waals surface area (Å²) < 4.78 is 0. The third-order valence-electron chi connectivity index (χ3n) is 5.01. The first-order valence-corrected chi connectivity index (χ1v) is 7.07. The molecule has 1 saturated heterocycles. The molecule has 0 spiro atoms. The zero-order valence-corrected chi connectivity index (χ0v) is 12.0. The summed E-state index contributed by atoms with van der Waals surface area (Å²) in [6.07, 6.45) is 0. The smallest absolute Gasteiger partial charge is 0.0240 e. The summed E-state index contributed by atoms with van der Waals surface area (Å²) in [5.74, 6) is 1.25. The first kappa shape index (κ1) is 13.6. The number of piperidine rings is 1. The molecule has 2 heteroatoms. The van der Waals surface area contributed by atoms with Gasteiger partial charge in [0.2, 0.25) is 0 Å². The normalized spacial score (nSPS) is 37.7. The number of nitrogens with two attached hydrogens (primary N) is 1. The molecule has 1 aliphatic heterocycles. The highest BCUT2D eigenvalue weighted by atomic mass is 15.2. The molecule has 2 N–H and O–H groups in total. The Balaban J connectivity index is 2.16. The monoisotopic (exact) mass is 246 g/mol. The molecule has 5 atom stereocenters. The van der Waals surface area contributed by atoms with Crippen molar-refractivity contribution in [2.75, 3.05) is 0 Å². The molecule has 0 saturated carbocycles. The predicted octanol–water partition coefficient (Wildman–Crippen LogP) is 2.88. The molecule has 2 rings (SSSR count). The fourth-order valence-electron chi connectivity index (χ4n) is 3.21. The van der Waals surface area contributed by atoms with Crippen molar-refractivity contribution in [1.82, 2.24) is 4.90 Å². The molecule has 1 aromatic carbocycles. The van der Waals surface area contributed by atoms with Crippen molar-refractivity contribution in [3.8, 4) is 0 Å². The Bertz CT molecular complexity index is 360. The molecule has 1 aliphatic rings. The van der Waals surface area contributed by atoms with Crippen LogP contribution in [-0.2, 0) is 6.54 Å². The maximum Gasteiger partial charge on any atom is 0.0240 e. The van der Waals surface area contributed by atoms with E-state index in [4.69, 9.17) is 5.73 Å². The van der Waals surface area contributed by atoms with Crippen LogP contribution in [0.25, 0.3) is 0 Å². The average molecular weight is 246 g/mol. The molecule has 100 valence electrons. The second-order valence-electron chi connectivity index (χ2n) is 5.93. The van der Waals surface area contributed by atoms with Gasteiger partial charge in [-0.25, -0.2) is 0 Å². The van der Waals surface area contributed by atoms with Crippen molar-refractivity contribution in [3.63, 3.8) is 0 Å². The lowest BCUT2D eigenvalue weighted by Gasteiger charge is -2.49. The lowest BCUT2D eigenvalue weighted by molar-refractivity contribution is 0.00745. The van der Waals surface area contributed by atoms with Gasteiger partial charge in [-0.15, -0.1) is 0 Å². The van der Waals surface area contributed by atoms with Crippen LogP contribution in [0.5, 0.6) is 0 Å². The van der Waals surface area contributed by atoms with E-state index >= 15 is 0 Å². The van der Waals surface area contributed by atoms with E-state index < -0.39 is 0 Å². The molecule has 2 nitrogen and oxygen atoms in total. The lowest BCUT2D eigenvalue weighted by Crippen LogP contribution is -2.60. The third-order valence-corrected chi connectivity index (χ3v) is 5.01. The first-order valence-electron chi connectivity index (χ1n) is 7.07. The van der Waals surface area contributed by atoms with E-state index in [9.17, 15) is 0 Å². The van der Waals surface area contributed by atoms with Gasteiger partial charge in [-0.3, -0.25) is 4.90 Å². The Labute approximate surface area is 111 Å². The Kier molecular flexibility index (Phi) is 4.08. The zero-order chi connectivity index (χ0) is 13.3. The molecular formula is C16H26N2. The minimum Gasteiger partial charge on any atom is -0.326 e. The van der Waals surface area contributed by atoms with Gasteiger partial charge >= 0.3 is 0 Å². The largest absolute Gasteiger partial charge is 0.326 e. The van der Waals surface area contributed by atoms with Crippen LogP contribution in [0, 0.1) is 11.8 Å². The standard InChI is InChI=1S/C16H26N2/c1-11-12(2)16(17)14(4)18(13(11)3)10-15-8-6-5-7-9-15/h5-9,11-14,16H,10,17H2,1-4H3/t11-,12-,13+,14-,16-/m0/s1. The van der Waals surface area contributed by atoms with E-state index in [0.29, 0.717) is 23.9 Å². The second kappa shape index (κ2) is 5.41. The van der Waals surface area contributed by atoms with E-state index in [2.05, 4.69) is 62.9 Å². The summed E-state index contributed by atoms with van der Waals surface area (Å²) in [7, 11) is 0. The van der Waals surface area contributed by atoms with Gasteiger partial charge in [0, 0.05) is 24.7 Å². The Morgan fingerprint density at radius 3 is 2.17 bits per heavy atom. The van der Waals surface area contributed by atoms with Crippen LogP contribution in [-0.4, -0.2) is 23.0 Å². The molecule has 0 radical (unpaired) electrons. The van der Waals surface area contributed by atoms with Crippen LogP contribution in [0.1, 0.15) is 33.3 Å². The fourth-order valence-corrected chi connectivity index (χ4v) is 3.21. The van der Waals surface area contributed by atoms with E-state index in [1.165, 1.54) is 5.56 Å². The Morgan fingerprint density at radius 2 is 1.56 bits per heavy atom. The van der Waals surface area contributed by atoms with Gasteiger partial charge in [-0.05, 0) is 31.2 Å². The SMILES string of the molecule is C[C@H]1[C@H](C)[C@@H](C)N(Cc2ccccc2)[C@@H](C)[C@H]1N. The van der Waals surface area contributed by atoms with E-state index in [1.807, 2.05) is 0 Å². The molecule has 1 aromatic rings. The minimum absolute atomic E-state index is 0.278. The van der Waals surface area contributed by atoms with Gasteiger partial charge in [0.1, 0.15) is 0 Å². The summed E-state index contributed by atoms with van der Waals surface area (Å²) in [5, 5.41) is 0. The van der Waals surface area contributed by atoms with Crippen LogP contribution in [0.15, 0.2) is 30.3 Å². The molecule has 18 heavy (non-hydrogen) atoms. The van der Waals surface area contributed by atoms with Crippen LogP contribution < -0.4 is 5.73 Å². The molecule has 1 fully saturated rings. The van der Waals surface area contributed by atoms with Crippen LogP contribution in [0.3, 0.4) is 0 Å². The number of rotatable bonds is 2. The van der Waals surface area contributed by atoms with Crippen LogP contribution in [0.2, 0.25) is 0 Å². The number of benzene rings is 1. The molecular weight excluding hydrogens is 220 g/mol. The predicted molar refractivity (Wildman–Crippen MR) is 77.2 cm³/mol. The van der Waals surface area contributed by atoms with Crippen LogP contribution in [0.4, 0.5) is 0 Å². The molecule has 0 aromatic heterocycles. The van der Waals surface area contributed by atoms with Crippen molar-refractivity contribution in [2.45, 2.75) is 52.4 Å². The van der Waals surface area contributed by atoms with E-state index in [1.54, 1.807) is 0 Å². The second-order valence-corrected chi connectivity index (χ2v) is 5.93. The highest BCUT2D eigenvalue weighted by Crippen LogP contribution is 2.32. The highest BCUT2D eigenvalue weighted by molar-refractivity contribution is 5.15. The van der Waals surface area contributed by atoms with Crippen molar-refractivity contribution < 1.29 is 0 Å². The molecule has 0 unspecified atom stereocenters. The average Bonchev–Trinajstić information content (AvgIpc) is 2.40. The topological polar surface area (TPSA) is 29.3 Å². The van der Waals surface area contributed by atoms with Gasteiger partial charge in [0.25, 0.3) is 0 Å². The van der Waals surface area contributed by atoms with Crippen molar-refractivity contribution in [2.24, 2.45) is 17.6 Å². The van der Waals surface area contributed by atoms with Gasteiger partial charge in [0.05, 0.1) is 0 Å². The van der Waals surface area contributed by atoms with Gasteiger partial charge < -0.3 is 5.73 Å². The maximum atomic E-state index is 6.38. The summed E-state index contributed by atoms with van der Waals surface area (Å²) >= 11 is 0. The number of hydrogen-bond donors (Lipinski definition) is 1. The molecule has 0 aliphatic carbocycles. The first-order chi connectivity index (χ1) is 8.52. The van der Waals surface area contributed by atoms with Gasteiger partial charge in [-0.1, -0.05) is 44.2 Å². The Hall–Kier alpha value is -0.860. The third kappa shape index (κ3) is 2.45. The summed E-state index contributed by atoms with van der Waals surface area (Å²) in [6, 6.07) is 12.0. The van der Waals surface area contributed by atoms with E-state index in [-0.39, 0.29) is 6.04 Å². The molecule has 0 amide bonds. The maximum absolute atomic E-state index is 6.38. The van der Waals surface area contributed by atoms with Crippen LogP contribution >= 0.6 is 0 Å². The lowest BCUT2D eigenvalue weighted by atomic mass is 9.76. The zero-order valence-electron chi connectivity index (χ0n) is 12.0.